The van der Waals surface area contributed by atoms with Crippen LogP contribution in [-0.4, -0.2) is 27.4 Å². The number of fused-ring (bicyclic) bond motifs is 3. The van der Waals surface area contributed by atoms with Gasteiger partial charge in [-0.3, -0.25) is 9.59 Å². The highest BCUT2D eigenvalue weighted by Gasteiger charge is 2.22. The van der Waals surface area contributed by atoms with Crippen LogP contribution < -0.4 is 5.32 Å². The van der Waals surface area contributed by atoms with Gasteiger partial charge in [0.2, 0.25) is 5.91 Å². The molecule has 0 unspecified atom stereocenters. The van der Waals surface area contributed by atoms with Crippen molar-refractivity contribution >= 4 is 50.7 Å². The van der Waals surface area contributed by atoms with Gasteiger partial charge in [-0.2, -0.15) is 0 Å². The van der Waals surface area contributed by atoms with Crippen molar-refractivity contribution in [3.05, 3.63) is 70.4 Å². The maximum atomic E-state index is 13.4. The lowest BCUT2D eigenvalue weighted by molar-refractivity contribution is -0.114. The van der Waals surface area contributed by atoms with Gasteiger partial charge in [-0.15, -0.1) is 11.3 Å². The van der Waals surface area contributed by atoms with Crippen LogP contribution in [0.25, 0.3) is 21.6 Å². The minimum absolute atomic E-state index is 0.0152. The van der Waals surface area contributed by atoms with E-state index < -0.39 is 0 Å². The number of carbonyl (C=O) groups is 2. The molecule has 0 saturated heterocycles. The number of rotatable bonds is 6. The van der Waals surface area contributed by atoms with Crippen LogP contribution in [-0.2, 0) is 17.6 Å². The summed E-state index contributed by atoms with van der Waals surface area (Å²) < 4.78 is 13.4. The molecule has 1 aliphatic rings. The first-order valence-corrected chi connectivity index (χ1v) is 12.9. The molecule has 0 aliphatic heterocycles. The summed E-state index contributed by atoms with van der Waals surface area (Å²) in [5, 5.41) is 4.56. The topological polar surface area (TPSA) is 72.0 Å². The number of hydrogen-bond donors (Lipinski definition) is 1. The van der Waals surface area contributed by atoms with Crippen LogP contribution in [0.15, 0.2) is 53.6 Å². The van der Waals surface area contributed by atoms with E-state index in [9.17, 15) is 14.0 Å². The number of nitrogens with one attached hydrogen (secondary N) is 1. The molecule has 0 atom stereocenters. The van der Waals surface area contributed by atoms with Gasteiger partial charge in [0.1, 0.15) is 15.7 Å². The lowest BCUT2D eigenvalue weighted by Crippen LogP contribution is -2.07. The van der Waals surface area contributed by atoms with Gasteiger partial charge >= 0.3 is 0 Å². The first-order chi connectivity index (χ1) is 16.5. The maximum absolute atomic E-state index is 13.4. The third kappa shape index (κ3) is 4.74. The molecule has 1 amide bonds. The zero-order valence-electron chi connectivity index (χ0n) is 18.6. The van der Waals surface area contributed by atoms with E-state index in [2.05, 4.69) is 5.32 Å². The summed E-state index contributed by atoms with van der Waals surface area (Å²) in [5.74, 6) is 0.304. The van der Waals surface area contributed by atoms with Gasteiger partial charge in [-0.25, -0.2) is 14.4 Å². The Kier molecular flexibility index (Phi) is 6.43. The molecule has 2 aromatic heterocycles. The first kappa shape index (κ1) is 22.7. The van der Waals surface area contributed by atoms with Gasteiger partial charge in [0.25, 0.3) is 0 Å². The van der Waals surface area contributed by atoms with Crippen LogP contribution in [0.4, 0.5) is 10.1 Å². The fourth-order valence-corrected chi connectivity index (χ4v) is 6.39. The molecule has 172 valence electrons. The van der Waals surface area contributed by atoms with Gasteiger partial charge in [0, 0.05) is 34.0 Å². The van der Waals surface area contributed by atoms with Crippen molar-refractivity contribution in [3.8, 4) is 11.4 Å². The van der Waals surface area contributed by atoms with Crippen LogP contribution in [0.1, 0.15) is 40.6 Å². The normalized spacial score (nSPS) is 13.0. The highest BCUT2D eigenvalue weighted by atomic mass is 32.2. The molecule has 8 heteroatoms. The van der Waals surface area contributed by atoms with E-state index in [0.717, 1.165) is 40.1 Å². The Morgan fingerprint density at radius 1 is 1.03 bits per heavy atom. The predicted molar refractivity (Wildman–Crippen MR) is 135 cm³/mol. The Morgan fingerprint density at radius 3 is 2.50 bits per heavy atom. The quantitative estimate of drug-likeness (QED) is 0.194. The Bertz CT molecular complexity index is 1380. The van der Waals surface area contributed by atoms with E-state index >= 15 is 0 Å². The summed E-state index contributed by atoms with van der Waals surface area (Å²) in [6.07, 6.45) is 4.36. The summed E-state index contributed by atoms with van der Waals surface area (Å²) in [6.45, 7) is 1.45. The maximum Gasteiger partial charge on any atom is 0.221 e. The molecule has 5 rings (SSSR count). The predicted octanol–water partition coefficient (Wildman–Crippen LogP) is 6.31. The van der Waals surface area contributed by atoms with Crippen molar-refractivity contribution in [3.63, 3.8) is 0 Å². The summed E-state index contributed by atoms with van der Waals surface area (Å²) in [6, 6.07) is 13.1. The number of halogens is 1. The second kappa shape index (κ2) is 9.64. The van der Waals surface area contributed by atoms with Gasteiger partial charge in [-0.1, -0.05) is 11.8 Å². The number of hydrogen-bond acceptors (Lipinski definition) is 6. The number of amides is 1. The highest BCUT2D eigenvalue weighted by molar-refractivity contribution is 8.00. The third-order valence-electron chi connectivity index (χ3n) is 5.75. The number of thioether (sulfide) groups is 1. The van der Waals surface area contributed by atoms with E-state index in [1.807, 2.05) is 0 Å². The molecule has 2 aromatic carbocycles. The summed E-state index contributed by atoms with van der Waals surface area (Å²) >= 11 is 3.12. The Morgan fingerprint density at radius 2 is 1.76 bits per heavy atom. The number of aromatic nitrogens is 2. The van der Waals surface area contributed by atoms with Crippen molar-refractivity contribution in [1.82, 2.24) is 9.97 Å². The Labute approximate surface area is 204 Å². The smallest absolute Gasteiger partial charge is 0.221 e. The van der Waals surface area contributed by atoms with Gasteiger partial charge in [0.05, 0.1) is 5.75 Å². The van der Waals surface area contributed by atoms with E-state index in [1.54, 1.807) is 47.7 Å². The monoisotopic (exact) mass is 491 g/mol. The lowest BCUT2D eigenvalue weighted by Gasteiger charge is -2.12. The molecule has 5 nitrogen and oxygen atoms in total. The average Bonchev–Trinajstić information content (AvgIpc) is 3.21. The molecule has 0 spiro atoms. The zero-order valence-corrected chi connectivity index (χ0v) is 20.2. The summed E-state index contributed by atoms with van der Waals surface area (Å²) in [4.78, 5) is 36.1. The van der Waals surface area contributed by atoms with Crippen LogP contribution in [0.3, 0.4) is 0 Å². The second-order valence-corrected chi connectivity index (χ2v) is 10.3. The van der Waals surface area contributed by atoms with Crippen molar-refractivity contribution in [2.24, 2.45) is 0 Å². The summed E-state index contributed by atoms with van der Waals surface area (Å²) in [5.41, 5.74) is 3.30. The van der Waals surface area contributed by atoms with E-state index in [-0.39, 0.29) is 23.3 Å². The molecular formula is C26H22FN3O2S2. The third-order valence-corrected chi connectivity index (χ3v) is 7.91. The number of thiophene rings is 1. The Balaban J connectivity index is 1.46. The van der Waals surface area contributed by atoms with Crippen LogP contribution in [0.2, 0.25) is 0 Å². The fourth-order valence-electron chi connectivity index (χ4n) is 4.12. The fraction of sp³-hybridized carbons (Fsp3) is 0.231. The second-order valence-electron chi connectivity index (χ2n) is 8.22. The molecular weight excluding hydrogens is 469 g/mol. The minimum Gasteiger partial charge on any atom is -0.326 e. The zero-order chi connectivity index (χ0) is 23.7. The number of benzene rings is 2. The van der Waals surface area contributed by atoms with Crippen molar-refractivity contribution < 1.29 is 14.0 Å². The molecule has 4 aromatic rings. The molecule has 0 fully saturated rings. The molecule has 1 N–H and O–H groups in total. The van der Waals surface area contributed by atoms with Crippen molar-refractivity contribution in [2.45, 2.75) is 37.6 Å². The van der Waals surface area contributed by atoms with Crippen molar-refractivity contribution in [2.75, 3.05) is 11.1 Å². The van der Waals surface area contributed by atoms with Crippen molar-refractivity contribution in [1.29, 1.82) is 0 Å². The number of aryl methyl sites for hydroxylation is 2. The average molecular weight is 492 g/mol. The minimum atomic E-state index is -0.305. The van der Waals surface area contributed by atoms with Crippen LogP contribution in [0.5, 0.6) is 0 Å². The molecule has 1 aliphatic carbocycles. The molecule has 0 bridgehead atoms. The SMILES string of the molecule is CC(=O)Nc1ccc(C(=O)CSc2nc(-c3ccc(F)cc3)nc3sc4c(c23)CCCC4)cc1. The number of nitrogens with zero attached hydrogens (tertiary/aromatic N) is 2. The van der Waals surface area contributed by atoms with E-state index in [1.165, 1.54) is 47.7 Å². The van der Waals surface area contributed by atoms with Gasteiger partial charge in [0.15, 0.2) is 11.6 Å². The first-order valence-electron chi connectivity index (χ1n) is 11.1. The molecule has 2 heterocycles. The molecule has 0 radical (unpaired) electrons. The molecule has 0 saturated carbocycles. The van der Waals surface area contributed by atoms with Gasteiger partial charge < -0.3 is 5.32 Å². The molecule has 34 heavy (non-hydrogen) atoms. The van der Waals surface area contributed by atoms with E-state index in [4.69, 9.17) is 9.97 Å². The lowest BCUT2D eigenvalue weighted by atomic mass is 9.97. The van der Waals surface area contributed by atoms with Crippen LogP contribution >= 0.6 is 23.1 Å². The largest absolute Gasteiger partial charge is 0.326 e. The van der Waals surface area contributed by atoms with Gasteiger partial charge in [-0.05, 0) is 79.8 Å². The Hall–Kier alpha value is -3.10. The standard InChI is InChI=1S/C26H22FN3O2S2/c1-15(31)28-19-12-8-16(9-13-19)21(32)14-33-25-23-20-4-2-3-5-22(20)34-26(23)30-24(29-25)17-6-10-18(27)11-7-17/h6-13H,2-5,14H2,1H3,(H,28,31). The summed E-state index contributed by atoms with van der Waals surface area (Å²) in [7, 11) is 0. The number of ketones is 1. The van der Waals surface area contributed by atoms with E-state index in [0.29, 0.717) is 17.1 Å². The number of Topliss-reactive ketones (excluding diaryl/α,β-unsaturated/α-hetero) is 1. The highest BCUT2D eigenvalue weighted by Crippen LogP contribution is 2.40. The number of carbonyl (C=O) groups excluding carboxylic acids is 2. The van der Waals surface area contributed by atoms with Crippen LogP contribution in [0, 0.1) is 5.82 Å². The number of anilines is 1.